The number of aromatic nitrogens is 3. The van der Waals surface area contributed by atoms with Crippen molar-refractivity contribution >= 4 is 29.1 Å². The maximum atomic E-state index is 15.2. The molecular weight excluding hydrogens is 608 g/mol. The Hall–Kier alpha value is -5.40. The van der Waals surface area contributed by atoms with Crippen molar-refractivity contribution in [1.82, 2.24) is 19.7 Å². The second-order valence-electron chi connectivity index (χ2n) is 11.3. The number of nitrogens with one attached hydrogen (secondary N) is 1. The Kier molecular flexibility index (Phi) is 8.72. The summed E-state index contributed by atoms with van der Waals surface area (Å²) in [4.78, 5) is 31.0. The highest BCUT2D eigenvalue weighted by Gasteiger charge is 2.40. The van der Waals surface area contributed by atoms with E-state index in [4.69, 9.17) is 15.2 Å². The zero-order chi connectivity index (χ0) is 33.2. The Labute approximate surface area is 261 Å². The molecule has 5 rings (SSSR count). The predicted octanol–water partition coefficient (Wildman–Crippen LogP) is 7.08. The number of carbonyl (C=O) groups excluding carboxylic acids is 2. The Morgan fingerprint density at radius 2 is 1.76 bits per heavy atom. The summed E-state index contributed by atoms with van der Waals surface area (Å²) in [7, 11) is 0. The van der Waals surface area contributed by atoms with Crippen molar-refractivity contribution in [2.24, 2.45) is 0 Å². The van der Waals surface area contributed by atoms with Gasteiger partial charge in [0.2, 0.25) is 0 Å². The molecule has 10 nitrogen and oxygen atoms in total. The van der Waals surface area contributed by atoms with Crippen LogP contribution in [0.3, 0.4) is 0 Å². The summed E-state index contributed by atoms with van der Waals surface area (Å²) in [5.74, 6) is -1.93. The third-order valence-electron chi connectivity index (χ3n) is 6.82. The smallest absolute Gasteiger partial charge is 0.434 e. The number of nitrogen functional groups attached to an aromatic ring is 1. The summed E-state index contributed by atoms with van der Waals surface area (Å²) in [5, 5.41) is 6.07. The summed E-state index contributed by atoms with van der Waals surface area (Å²) >= 11 is 0. The molecule has 0 aliphatic carbocycles. The van der Waals surface area contributed by atoms with Crippen molar-refractivity contribution < 1.29 is 36.6 Å². The van der Waals surface area contributed by atoms with E-state index in [1.807, 2.05) is 0 Å². The molecule has 0 atom stereocenters. The Bertz CT molecular complexity index is 1800. The number of nitrogens with two attached hydrogens (primary N) is 1. The first-order valence-corrected chi connectivity index (χ1v) is 14.1. The van der Waals surface area contributed by atoms with Crippen LogP contribution in [0, 0.1) is 5.82 Å². The normalized spacial score (nSPS) is 13.6. The molecule has 2 amide bonds. The van der Waals surface area contributed by atoms with E-state index in [2.05, 4.69) is 15.4 Å². The largest absolute Gasteiger partial charge is 0.453 e. The number of carbonyl (C=O) groups is 2. The molecule has 0 saturated heterocycles. The zero-order valence-electron chi connectivity index (χ0n) is 25.1. The highest BCUT2D eigenvalue weighted by Crippen LogP contribution is 2.38. The Balaban J connectivity index is 1.34. The Morgan fingerprint density at radius 3 is 2.39 bits per heavy atom. The van der Waals surface area contributed by atoms with Gasteiger partial charge in [-0.3, -0.25) is 4.79 Å². The van der Waals surface area contributed by atoms with Crippen molar-refractivity contribution in [2.75, 3.05) is 24.1 Å². The predicted molar refractivity (Wildman–Crippen MR) is 162 cm³/mol. The molecule has 2 aromatic carbocycles. The number of nitrogens with zero attached hydrogens (tertiary/aromatic N) is 4. The van der Waals surface area contributed by atoms with Gasteiger partial charge in [-0.25, -0.2) is 18.9 Å². The molecule has 0 radical (unpaired) electrons. The molecule has 46 heavy (non-hydrogen) atoms. The van der Waals surface area contributed by atoms with Crippen LogP contribution in [0.1, 0.15) is 48.8 Å². The molecule has 4 aromatic rings. The third-order valence-corrected chi connectivity index (χ3v) is 6.82. The maximum absolute atomic E-state index is 15.2. The first-order chi connectivity index (χ1) is 21.7. The van der Waals surface area contributed by atoms with E-state index in [1.54, 1.807) is 49.9 Å². The van der Waals surface area contributed by atoms with Crippen LogP contribution in [0.2, 0.25) is 0 Å². The summed E-state index contributed by atoms with van der Waals surface area (Å²) in [6.45, 7) is 5.93. The van der Waals surface area contributed by atoms with Gasteiger partial charge in [-0.2, -0.15) is 18.3 Å². The molecule has 0 unspecified atom stereocenters. The van der Waals surface area contributed by atoms with Gasteiger partial charge in [-0.15, -0.1) is 0 Å². The van der Waals surface area contributed by atoms with Gasteiger partial charge >= 0.3 is 12.3 Å². The van der Waals surface area contributed by atoms with E-state index in [0.717, 1.165) is 17.8 Å². The lowest BCUT2D eigenvalue weighted by molar-refractivity contribution is -0.143. The van der Waals surface area contributed by atoms with E-state index in [0.29, 0.717) is 23.2 Å². The fraction of sp³-hybridized carbons (Fsp3) is 0.250. The molecular formula is C32H30F4N6O4. The van der Waals surface area contributed by atoms with Crippen LogP contribution in [0.15, 0.2) is 73.1 Å². The number of benzene rings is 2. The van der Waals surface area contributed by atoms with Gasteiger partial charge in [-0.05, 0) is 63.1 Å². The molecule has 0 bridgehead atoms. The maximum Gasteiger partial charge on any atom is 0.434 e. The summed E-state index contributed by atoms with van der Waals surface area (Å²) in [6.07, 6.45) is -0.968. The van der Waals surface area contributed by atoms with Gasteiger partial charge in [0.05, 0.1) is 23.0 Å². The van der Waals surface area contributed by atoms with Crippen LogP contribution >= 0.6 is 0 Å². The topological polar surface area (TPSA) is 125 Å². The number of halogens is 4. The van der Waals surface area contributed by atoms with Crippen molar-refractivity contribution in [3.05, 3.63) is 95.7 Å². The van der Waals surface area contributed by atoms with Crippen LogP contribution in [0.4, 0.5) is 33.9 Å². The third kappa shape index (κ3) is 7.11. The van der Waals surface area contributed by atoms with Gasteiger partial charge in [0.25, 0.3) is 5.91 Å². The van der Waals surface area contributed by atoms with Gasteiger partial charge in [0.1, 0.15) is 17.2 Å². The number of hydrogen-bond acceptors (Lipinski definition) is 7. The number of alkyl halides is 3. The van der Waals surface area contributed by atoms with Gasteiger partial charge in [0.15, 0.2) is 17.3 Å². The molecule has 14 heteroatoms. The van der Waals surface area contributed by atoms with Crippen LogP contribution in [-0.4, -0.2) is 50.4 Å². The lowest BCUT2D eigenvalue weighted by Crippen LogP contribution is -2.39. The van der Waals surface area contributed by atoms with Crippen molar-refractivity contribution in [2.45, 2.75) is 39.0 Å². The van der Waals surface area contributed by atoms with E-state index in [1.165, 1.54) is 36.5 Å². The fourth-order valence-corrected chi connectivity index (χ4v) is 4.79. The van der Waals surface area contributed by atoms with Crippen molar-refractivity contribution in [3.63, 3.8) is 0 Å². The molecule has 1 aliphatic heterocycles. The number of amides is 2. The molecule has 1 aliphatic rings. The number of rotatable bonds is 6. The monoisotopic (exact) mass is 638 g/mol. The van der Waals surface area contributed by atoms with Crippen LogP contribution in [-0.2, 0) is 10.9 Å². The standard InChI is InChI=1S/C32H30F4N6O4/c1-31(2,3)46-30(44)41-15-12-19(13-16-41)26-25(11-14-38-28(26)37)45-24-10-9-20(17-23(24)33)40-29(43)22-18-39-42(27(22)32(34,35)36)21-7-5-4-6-8-21/h4-12,14,17-18H,13,15-16H2,1-3H3,(H2,37,38)(H,40,43). The van der Waals surface area contributed by atoms with E-state index in [9.17, 15) is 22.8 Å². The van der Waals surface area contributed by atoms with E-state index >= 15 is 4.39 Å². The second-order valence-corrected chi connectivity index (χ2v) is 11.3. The quantitative estimate of drug-likeness (QED) is 0.216. The zero-order valence-corrected chi connectivity index (χ0v) is 25.1. The molecule has 240 valence electrons. The SMILES string of the molecule is CC(C)(C)OC(=O)N1CC=C(c2c(Oc3ccc(NC(=O)c4cnn(-c5ccccc5)c4C(F)(F)F)cc3F)ccnc2N)CC1. The van der Waals surface area contributed by atoms with Crippen LogP contribution in [0.5, 0.6) is 11.5 Å². The van der Waals surface area contributed by atoms with Gasteiger partial charge in [0, 0.05) is 31.0 Å². The summed E-state index contributed by atoms with van der Waals surface area (Å²) in [6, 6.07) is 12.5. The van der Waals surface area contributed by atoms with Crippen molar-refractivity contribution in [3.8, 4) is 17.2 Å². The number of hydrogen-bond donors (Lipinski definition) is 2. The van der Waals surface area contributed by atoms with Crippen molar-refractivity contribution in [1.29, 1.82) is 0 Å². The van der Waals surface area contributed by atoms with E-state index in [-0.39, 0.29) is 35.2 Å². The first kappa shape index (κ1) is 32.0. The second kappa shape index (κ2) is 12.5. The molecule has 3 N–H and O–H groups in total. The Morgan fingerprint density at radius 1 is 1.02 bits per heavy atom. The summed E-state index contributed by atoms with van der Waals surface area (Å²) < 4.78 is 69.2. The number of pyridine rings is 1. The molecule has 0 saturated carbocycles. The lowest BCUT2D eigenvalue weighted by atomic mass is 9.99. The highest BCUT2D eigenvalue weighted by atomic mass is 19.4. The summed E-state index contributed by atoms with van der Waals surface area (Å²) in [5.41, 5.74) is 4.69. The average Bonchev–Trinajstić information content (AvgIpc) is 3.45. The molecule has 2 aromatic heterocycles. The average molecular weight is 639 g/mol. The highest BCUT2D eigenvalue weighted by molar-refractivity contribution is 6.05. The van der Waals surface area contributed by atoms with Crippen LogP contribution < -0.4 is 15.8 Å². The number of anilines is 2. The van der Waals surface area contributed by atoms with Gasteiger partial charge < -0.3 is 25.4 Å². The minimum atomic E-state index is -4.91. The minimum absolute atomic E-state index is 0.109. The minimum Gasteiger partial charge on any atom is -0.453 e. The molecule has 0 fully saturated rings. The van der Waals surface area contributed by atoms with E-state index < -0.39 is 40.9 Å². The fourth-order valence-electron chi connectivity index (χ4n) is 4.79. The van der Waals surface area contributed by atoms with Crippen LogP contribution in [0.25, 0.3) is 11.3 Å². The lowest BCUT2D eigenvalue weighted by Gasteiger charge is -2.30. The molecule has 3 heterocycles. The number of ether oxygens (including phenoxy) is 2. The first-order valence-electron chi connectivity index (χ1n) is 14.1. The molecule has 0 spiro atoms. The number of para-hydroxylation sites is 1. The van der Waals surface area contributed by atoms with Gasteiger partial charge in [-0.1, -0.05) is 24.3 Å².